The first-order valence-electron chi connectivity index (χ1n) is 5.59. The molecule has 8 heteroatoms. The molecule has 0 aliphatic heterocycles. The number of hydrazine groups is 1. The van der Waals surface area contributed by atoms with Gasteiger partial charge in [0.05, 0.1) is 12.4 Å². The number of amides is 1. The molecule has 0 saturated heterocycles. The Bertz CT molecular complexity index is 527. The molecular weight excluding hydrogens is 270 g/mol. The Morgan fingerprint density at radius 1 is 1.37 bits per heavy atom. The van der Waals surface area contributed by atoms with Crippen LogP contribution in [0, 0.1) is 0 Å². The van der Waals surface area contributed by atoms with Crippen molar-refractivity contribution in [1.29, 1.82) is 0 Å². The molecule has 0 saturated carbocycles. The molecule has 0 spiro atoms. The van der Waals surface area contributed by atoms with Gasteiger partial charge in [-0.2, -0.15) is 0 Å². The number of nitrogens with one attached hydrogen (secondary N) is 1. The zero-order valence-electron chi connectivity index (χ0n) is 10.8. The number of benzene rings is 1. The summed E-state index contributed by atoms with van der Waals surface area (Å²) in [7, 11) is -2.58. The van der Waals surface area contributed by atoms with E-state index in [9.17, 15) is 13.2 Å². The largest absolute Gasteiger partial charge is 0.449 e. The maximum absolute atomic E-state index is 12.0. The lowest BCUT2D eigenvalue weighted by Gasteiger charge is -2.16. The van der Waals surface area contributed by atoms with Crippen molar-refractivity contribution in [3.8, 4) is 0 Å². The summed E-state index contributed by atoms with van der Waals surface area (Å²) in [5, 5.41) is 0. The van der Waals surface area contributed by atoms with Gasteiger partial charge in [0.15, 0.2) is 0 Å². The number of sulfonamides is 1. The van der Waals surface area contributed by atoms with Crippen molar-refractivity contribution in [3.63, 3.8) is 0 Å². The first kappa shape index (κ1) is 15.3. The van der Waals surface area contributed by atoms with E-state index in [2.05, 4.69) is 10.2 Å². The molecule has 3 N–H and O–H groups in total. The molecule has 1 aromatic rings. The number of nitrogen functional groups attached to an aromatic ring is 1. The second kappa shape index (κ2) is 6.39. The maximum Gasteiger partial charge on any atom is 0.423 e. The molecule has 0 aliphatic rings. The Labute approximate surface area is 112 Å². The highest BCUT2D eigenvalue weighted by molar-refractivity contribution is 7.88. The quantitative estimate of drug-likeness (QED) is 0.616. The lowest BCUT2D eigenvalue weighted by Crippen LogP contribution is -2.34. The van der Waals surface area contributed by atoms with Gasteiger partial charge in [-0.1, -0.05) is 12.1 Å². The van der Waals surface area contributed by atoms with Crippen LogP contribution in [0.5, 0.6) is 0 Å². The summed E-state index contributed by atoms with van der Waals surface area (Å²) < 4.78 is 29.2. The number of rotatable bonds is 5. The van der Waals surface area contributed by atoms with Gasteiger partial charge in [0, 0.05) is 12.7 Å². The minimum absolute atomic E-state index is 0.121. The van der Waals surface area contributed by atoms with E-state index in [-0.39, 0.29) is 12.4 Å². The van der Waals surface area contributed by atoms with Gasteiger partial charge in [0.25, 0.3) is 0 Å². The van der Waals surface area contributed by atoms with Gasteiger partial charge >= 0.3 is 6.09 Å². The minimum Gasteiger partial charge on any atom is -0.449 e. The van der Waals surface area contributed by atoms with Gasteiger partial charge in [0.2, 0.25) is 10.0 Å². The lowest BCUT2D eigenvalue weighted by molar-refractivity contribution is 0.136. The Morgan fingerprint density at radius 3 is 2.42 bits per heavy atom. The fraction of sp³-hybridized carbons (Fsp3) is 0.364. The minimum atomic E-state index is -3.75. The van der Waals surface area contributed by atoms with Crippen molar-refractivity contribution in [2.24, 2.45) is 5.84 Å². The van der Waals surface area contributed by atoms with Gasteiger partial charge in [-0.05, 0) is 24.6 Å². The van der Waals surface area contributed by atoms with Crippen molar-refractivity contribution in [1.82, 2.24) is 4.31 Å². The average Bonchev–Trinajstić information content (AvgIpc) is 2.38. The number of hydrogen-bond donors (Lipinski definition) is 2. The van der Waals surface area contributed by atoms with Crippen molar-refractivity contribution < 1.29 is 17.9 Å². The molecule has 0 unspecified atom stereocenters. The van der Waals surface area contributed by atoms with E-state index in [4.69, 9.17) is 5.84 Å². The maximum atomic E-state index is 12.0. The summed E-state index contributed by atoms with van der Waals surface area (Å²) in [4.78, 5) is 11.4. The third-order valence-corrected chi connectivity index (χ3v) is 4.09. The molecule has 0 radical (unpaired) electrons. The van der Waals surface area contributed by atoms with E-state index < -0.39 is 16.1 Å². The number of nitrogens with two attached hydrogens (primary N) is 1. The van der Waals surface area contributed by atoms with Crippen molar-refractivity contribution in [2.45, 2.75) is 12.7 Å². The molecule has 1 rings (SSSR count). The summed E-state index contributed by atoms with van der Waals surface area (Å²) in [6.07, 6.45) is -0.886. The normalized spacial score (nSPS) is 10.9. The van der Waals surface area contributed by atoms with Gasteiger partial charge in [-0.3, -0.25) is 5.84 Å². The third kappa shape index (κ3) is 4.11. The fourth-order valence-corrected chi connectivity index (χ4v) is 2.42. The second-order valence-corrected chi connectivity index (χ2v) is 5.76. The molecule has 1 amide bonds. The molecule has 7 nitrogen and oxygen atoms in total. The molecule has 1 aromatic carbocycles. The van der Waals surface area contributed by atoms with Crippen LogP contribution in [-0.4, -0.2) is 32.5 Å². The van der Waals surface area contributed by atoms with Crippen LogP contribution in [-0.2, 0) is 20.5 Å². The lowest BCUT2D eigenvalue weighted by atomic mass is 10.2. The first-order chi connectivity index (χ1) is 8.90. The Kier molecular flexibility index (Phi) is 5.13. The second-order valence-electron chi connectivity index (χ2n) is 3.76. The highest BCUT2D eigenvalue weighted by atomic mass is 32.2. The Morgan fingerprint density at radius 2 is 1.95 bits per heavy atom. The number of anilines is 1. The number of ether oxygens (including phenoxy) is 1. The molecular formula is C11H17N3O4S. The van der Waals surface area contributed by atoms with Crippen LogP contribution in [0.3, 0.4) is 0 Å². The summed E-state index contributed by atoms with van der Waals surface area (Å²) in [6.45, 7) is 1.73. The van der Waals surface area contributed by atoms with E-state index in [1.807, 2.05) is 0 Å². The molecule has 106 valence electrons. The summed E-state index contributed by atoms with van der Waals surface area (Å²) in [6, 6.07) is 6.53. The number of carbonyl (C=O) groups excluding carboxylic acids is 1. The van der Waals surface area contributed by atoms with Crippen molar-refractivity contribution >= 4 is 21.8 Å². The number of nitrogens with zero attached hydrogens (tertiary/aromatic N) is 1. The highest BCUT2D eigenvalue weighted by Gasteiger charge is 2.24. The van der Waals surface area contributed by atoms with Crippen LogP contribution in [0.4, 0.5) is 10.5 Å². The summed E-state index contributed by atoms with van der Waals surface area (Å²) in [5.41, 5.74) is 3.66. The molecule has 0 fully saturated rings. The summed E-state index contributed by atoms with van der Waals surface area (Å²) >= 11 is 0. The van der Waals surface area contributed by atoms with Crippen LogP contribution in [0.15, 0.2) is 24.3 Å². The SMILES string of the molecule is CCOC(=O)N(C)S(=O)(=O)Cc1ccc(NN)cc1. The van der Waals surface area contributed by atoms with Gasteiger partial charge in [-0.15, -0.1) is 0 Å². The third-order valence-electron chi connectivity index (χ3n) is 2.41. The molecule has 0 atom stereocenters. The van der Waals surface area contributed by atoms with Gasteiger partial charge in [0.1, 0.15) is 0 Å². The van der Waals surface area contributed by atoms with Crippen LogP contribution in [0.25, 0.3) is 0 Å². The molecule has 0 aromatic heterocycles. The molecule has 0 bridgehead atoms. The van der Waals surface area contributed by atoms with Crippen LogP contribution in [0.1, 0.15) is 12.5 Å². The van der Waals surface area contributed by atoms with E-state index in [0.29, 0.717) is 15.6 Å². The van der Waals surface area contributed by atoms with E-state index in [1.165, 1.54) is 7.05 Å². The molecule has 0 aliphatic carbocycles. The predicted octanol–water partition coefficient (Wildman–Crippen LogP) is 0.890. The van der Waals surface area contributed by atoms with Crippen molar-refractivity contribution in [2.75, 3.05) is 19.1 Å². The fourth-order valence-electron chi connectivity index (χ4n) is 1.33. The van der Waals surface area contributed by atoms with E-state index in [0.717, 1.165) is 0 Å². The molecule has 19 heavy (non-hydrogen) atoms. The monoisotopic (exact) mass is 287 g/mol. The van der Waals surface area contributed by atoms with Crippen LogP contribution >= 0.6 is 0 Å². The molecule has 0 heterocycles. The van der Waals surface area contributed by atoms with Crippen LogP contribution in [0.2, 0.25) is 0 Å². The van der Waals surface area contributed by atoms with Gasteiger partial charge in [-0.25, -0.2) is 17.5 Å². The van der Waals surface area contributed by atoms with E-state index in [1.54, 1.807) is 31.2 Å². The standard InChI is InChI=1S/C11H17N3O4S/c1-3-18-11(15)14(2)19(16,17)8-9-4-6-10(13-12)7-5-9/h4-7,13H,3,8,12H2,1-2H3. The zero-order chi connectivity index (χ0) is 14.5. The average molecular weight is 287 g/mol. The van der Waals surface area contributed by atoms with Gasteiger partial charge < -0.3 is 10.2 Å². The van der Waals surface area contributed by atoms with E-state index >= 15 is 0 Å². The smallest absolute Gasteiger partial charge is 0.423 e. The highest BCUT2D eigenvalue weighted by Crippen LogP contribution is 2.13. The topological polar surface area (TPSA) is 102 Å². The number of hydrogen-bond acceptors (Lipinski definition) is 6. The first-order valence-corrected chi connectivity index (χ1v) is 7.20. The number of carbonyl (C=O) groups is 1. The Hall–Kier alpha value is -1.80. The van der Waals surface area contributed by atoms with Crippen molar-refractivity contribution in [3.05, 3.63) is 29.8 Å². The summed E-state index contributed by atoms with van der Waals surface area (Å²) in [5.74, 6) is 4.93. The Balaban J connectivity index is 2.80. The van der Waals surface area contributed by atoms with Crippen LogP contribution < -0.4 is 11.3 Å². The zero-order valence-corrected chi connectivity index (χ0v) is 11.6. The predicted molar refractivity (Wildman–Crippen MR) is 71.7 cm³/mol.